The minimum absolute atomic E-state index is 0.00278. The quantitative estimate of drug-likeness (QED) is 0.888. The number of ketones is 1. The van der Waals surface area contributed by atoms with Gasteiger partial charge in [0.05, 0.1) is 0 Å². The highest BCUT2D eigenvalue weighted by Gasteiger charge is 2.56. The van der Waals surface area contributed by atoms with E-state index >= 15 is 0 Å². The van der Waals surface area contributed by atoms with Crippen molar-refractivity contribution in [2.24, 2.45) is 11.3 Å². The van der Waals surface area contributed by atoms with Gasteiger partial charge in [-0.15, -0.1) is 0 Å². The maximum Gasteiger partial charge on any atom is 0.138 e. The van der Waals surface area contributed by atoms with Gasteiger partial charge in [-0.1, -0.05) is 67.6 Å². The maximum atomic E-state index is 12.8. The van der Waals surface area contributed by atoms with Crippen LogP contribution in [0.5, 0.6) is 0 Å². The highest BCUT2D eigenvalue weighted by atomic mass is 16.1. The molecule has 4 atom stereocenters. The van der Waals surface area contributed by atoms with Crippen molar-refractivity contribution < 1.29 is 4.79 Å². The van der Waals surface area contributed by atoms with E-state index in [9.17, 15) is 4.79 Å². The second-order valence-electron chi connectivity index (χ2n) is 7.20. The Morgan fingerprint density at radius 2 is 1.57 bits per heavy atom. The van der Waals surface area contributed by atoms with Gasteiger partial charge in [-0.05, 0) is 29.4 Å². The smallest absolute Gasteiger partial charge is 0.138 e. The Morgan fingerprint density at radius 1 is 0.957 bits per heavy atom. The van der Waals surface area contributed by atoms with E-state index in [1.54, 1.807) is 0 Å². The monoisotopic (exact) mass is 305 g/mol. The van der Waals surface area contributed by atoms with Crippen molar-refractivity contribution in [3.05, 3.63) is 71.8 Å². The fourth-order valence-corrected chi connectivity index (χ4v) is 4.75. The Hall–Kier alpha value is -1.93. The molecule has 2 aromatic carbocycles. The first-order valence-electron chi connectivity index (χ1n) is 8.59. The summed E-state index contributed by atoms with van der Waals surface area (Å²) in [7, 11) is 0. The molecule has 0 radical (unpaired) electrons. The first-order valence-corrected chi connectivity index (χ1v) is 8.59. The molecular formula is C21H23NO. The summed E-state index contributed by atoms with van der Waals surface area (Å²) in [5.74, 6) is 0.502. The average molecular weight is 305 g/mol. The molecule has 2 fully saturated rings. The SMILES string of the molecule is C[C@]12CCCC(=O)[C@@H]1[C@H](c1ccccc1)N[C@@H]2c1ccccc1. The second kappa shape index (κ2) is 5.61. The molecule has 0 unspecified atom stereocenters. The highest BCUT2D eigenvalue weighted by molar-refractivity contribution is 5.84. The van der Waals surface area contributed by atoms with Gasteiger partial charge in [0.1, 0.15) is 5.78 Å². The lowest BCUT2D eigenvalue weighted by Crippen LogP contribution is -2.38. The van der Waals surface area contributed by atoms with Crippen molar-refractivity contribution in [2.75, 3.05) is 0 Å². The fraction of sp³-hybridized carbons (Fsp3) is 0.381. The average Bonchev–Trinajstić information content (AvgIpc) is 2.91. The minimum Gasteiger partial charge on any atom is -0.302 e. The van der Waals surface area contributed by atoms with E-state index in [0.29, 0.717) is 5.78 Å². The number of carbonyl (C=O) groups is 1. The summed E-state index contributed by atoms with van der Waals surface area (Å²) in [6, 6.07) is 21.4. The number of hydrogen-bond donors (Lipinski definition) is 1. The molecule has 0 amide bonds. The summed E-state index contributed by atoms with van der Waals surface area (Å²) in [6.07, 6.45) is 2.85. The Balaban J connectivity index is 1.79. The van der Waals surface area contributed by atoms with Crippen LogP contribution in [0.25, 0.3) is 0 Å². The second-order valence-corrected chi connectivity index (χ2v) is 7.20. The molecule has 2 nitrogen and oxygen atoms in total. The normalized spacial score (nSPS) is 33.4. The van der Waals surface area contributed by atoms with Crippen LogP contribution < -0.4 is 5.32 Å². The molecule has 2 aromatic rings. The lowest BCUT2D eigenvalue weighted by Gasteiger charge is -2.39. The summed E-state index contributed by atoms with van der Waals surface area (Å²) in [5, 5.41) is 3.82. The van der Waals surface area contributed by atoms with Gasteiger partial charge >= 0.3 is 0 Å². The molecule has 1 saturated heterocycles. The van der Waals surface area contributed by atoms with Crippen molar-refractivity contribution >= 4 is 5.78 Å². The lowest BCUT2D eigenvalue weighted by atomic mass is 9.62. The van der Waals surface area contributed by atoms with Gasteiger partial charge in [0.25, 0.3) is 0 Å². The van der Waals surface area contributed by atoms with E-state index in [4.69, 9.17) is 0 Å². The molecule has 1 aliphatic carbocycles. The molecule has 0 aromatic heterocycles. The Labute approximate surface area is 137 Å². The molecule has 0 bridgehead atoms. The first-order chi connectivity index (χ1) is 11.2. The summed E-state index contributed by atoms with van der Waals surface area (Å²) < 4.78 is 0. The van der Waals surface area contributed by atoms with Crippen LogP contribution in [0, 0.1) is 11.3 Å². The van der Waals surface area contributed by atoms with Gasteiger partial charge in [-0.3, -0.25) is 4.79 Å². The van der Waals surface area contributed by atoms with Crippen LogP contribution >= 0.6 is 0 Å². The largest absolute Gasteiger partial charge is 0.302 e. The van der Waals surface area contributed by atoms with E-state index in [1.165, 1.54) is 11.1 Å². The summed E-state index contributed by atoms with van der Waals surface area (Å²) in [6.45, 7) is 2.31. The zero-order valence-corrected chi connectivity index (χ0v) is 13.5. The summed E-state index contributed by atoms with van der Waals surface area (Å²) in [5.41, 5.74) is 2.53. The fourth-order valence-electron chi connectivity index (χ4n) is 4.75. The van der Waals surface area contributed by atoms with Crippen molar-refractivity contribution in [3.8, 4) is 0 Å². The number of nitrogens with one attached hydrogen (secondary N) is 1. The number of hydrogen-bond acceptors (Lipinski definition) is 2. The predicted molar refractivity (Wildman–Crippen MR) is 92.0 cm³/mol. The van der Waals surface area contributed by atoms with Crippen LogP contribution in [0.4, 0.5) is 0 Å². The number of fused-ring (bicyclic) bond motifs is 1. The van der Waals surface area contributed by atoms with Crippen LogP contribution in [-0.4, -0.2) is 5.78 Å². The molecule has 1 heterocycles. The van der Waals surface area contributed by atoms with E-state index in [0.717, 1.165) is 19.3 Å². The number of benzene rings is 2. The molecule has 1 saturated carbocycles. The molecule has 1 N–H and O–H groups in total. The van der Waals surface area contributed by atoms with Gasteiger partial charge in [-0.25, -0.2) is 0 Å². The predicted octanol–water partition coefficient (Wildman–Crippen LogP) is 4.45. The van der Waals surface area contributed by atoms with Gasteiger partial charge < -0.3 is 5.32 Å². The van der Waals surface area contributed by atoms with E-state index in [2.05, 4.69) is 66.8 Å². The zero-order valence-electron chi connectivity index (χ0n) is 13.5. The molecular weight excluding hydrogens is 282 g/mol. The van der Waals surface area contributed by atoms with Crippen LogP contribution in [0.15, 0.2) is 60.7 Å². The van der Waals surface area contributed by atoms with Gasteiger partial charge in [0, 0.05) is 24.4 Å². The van der Waals surface area contributed by atoms with Crippen LogP contribution in [0.1, 0.15) is 49.4 Å². The van der Waals surface area contributed by atoms with Crippen molar-refractivity contribution in [1.29, 1.82) is 0 Å². The van der Waals surface area contributed by atoms with Crippen molar-refractivity contribution in [2.45, 2.75) is 38.3 Å². The zero-order chi connectivity index (χ0) is 15.9. The third-order valence-corrected chi connectivity index (χ3v) is 5.83. The number of rotatable bonds is 2. The molecule has 4 rings (SSSR count). The Bertz CT molecular complexity index is 696. The first kappa shape index (κ1) is 14.6. The molecule has 1 aliphatic heterocycles. The number of carbonyl (C=O) groups excluding carboxylic acids is 1. The van der Waals surface area contributed by atoms with E-state index in [1.807, 2.05) is 6.07 Å². The van der Waals surface area contributed by atoms with Crippen LogP contribution in [0.3, 0.4) is 0 Å². The Morgan fingerprint density at radius 3 is 2.22 bits per heavy atom. The van der Waals surface area contributed by atoms with Gasteiger partial charge in [-0.2, -0.15) is 0 Å². The van der Waals surface area contributed by atoms with Crippen molar-refractivity contribution in [3.63, 3.8) is 0 Å². The van der Waals surface area contributed by atoms with E-state index < -0.39 is 0 Å². The minimum atomic E-state index is -0.00278. The third kappa shape index (κ3) is 2.33. The molecule has 118 valence electrons. The lowest BCUT2D eigenvalue weighted by molar-refractivity contribution is -0.129. The summed E-state index contributed by atoms with van der Waals surface area (Å²) >= 11 is 0. The number of Topliss-reactive ketones (excluding diaryl/α,β-unsaturated/α-hetero) is 1. The van der Waals surface area contributed by atoms with Crippen LogP contribution in [-0.2, 0) is 4.79 Å². The summed E-state index contributed by atoms with van der Waals surface area (Å²) in [4.78, 5) is 12.8. The van der Waals surface area contributed by atoms with Gasteiger partial charge in [0.15, 0.2) is 0 Å². The third-order valence-electron chi connectivity index (χ3n) is 5.83. The van der Waals surface area contributed by atoms with Gasteiger partial charge in [0.2, 0.25) is 0 Å². The van der Waals surface area contributed by atoms with Crippen molar-refractivity contribution in [1.82, 2.24) is 5.32 Å². The molecule has 0 spiro atoms. The standard InChI is InChI=1S/C21H23NO/c1-21-14-8-13-17(23)18(21)19(15-9-4-2-5-10-15)22-20(21)16-11-6-3-7-12-16/h2-7,9-12,18-20,22H,8,13-14H2,1H3/t18-,19+,20-,21+/m1/s1. The topological polar surface area (TPSA) is 29.1 Å². The van der Waals surface area contributed by atoms with Crippen LogP contribution in [0.2, 0.25) is 0 Å². The van der Waals surface area contributed by atoms with E-state index in [-0.39, 0.29) is 23.4 Å². The maximum absolute atomic E-state index is 12.8. The Kier molecular flexibility index (Phi) is 3.57. The molecule has 2 heteroatoms. The molecule has 2 aliphatic rings. The highest BCUT2D eigenvalue weighted by Crippen LogP contribution is 2.57. The molecule has 23 heavy (non-hydrogen) atoms.